The van der Waals surface area contributed by atoms with Gasteiger partial charge in [-0.25, -0.2) is 0 Å². The van der Waals surface area contributed by atoms with Crippen LogP contribution in [0, 0.1) is 0 Å². The summed E-state index contributed by atoms with van der Waals surface area (Å²) in [5.74, 6) is 1.70. The predicted octanol–water partition coefficient (Wildman–Crippen LogP) is 4.14. The van der Waals surface area contributed by atoms with Crippen molar-refractivity contribution in [2.24, 2.45) is 0 Å². The summed E-state index contributed by atoms with van der Waals surface area (Å²) in [7, 11) is 0. The van der Waals surface area contributed by atoms with Crippen LogP contribution in [0.3, 0.4) is 0 Å². The lowest BCUT2D eigenvalue weighted by Crippen LogP contribution is -2.26. The second-order valence-corrected chi connectivity index (χ2v) is 6.68. The van der Waals surface area contributed by atoms with Gasteiger partial charge in [0.25, 0.3) is 0 Å². The van der Waals surface area contributed by atoms with Crippen LogP contribution in [0.15, 0.2) is 41.1 Å². The van der Waals surface area contributed by atoms with Gasteiger partial charge >= 0.3 is 0 Å². The summed E-state index contributed by atoms with van der Waals surface area (Å²) in [6.07, 6.45) is 6.82. The maximum Gasteiger partial charge on any atom is 0.140 e. The van der Waals surface area contributed by atoms with Crippen LogP contribution < -0.4 is 5.32 Å². The number of hydrogen-bond donors (Lipinski definition) is 2. The van der Waals surface area contributed by atoms with E-state index < -0.39 is 0 Å². The zero-order chi connectivity index (χ0) is 15.6. The largest absolute Gasteiger partial charge is 0.361 e. The summed E-state index contributed by atoms with van der Waals surface area (Å²) in [6.45, 7) is 3.02. The third-order valence-electron chi connectivity index (χ3n) is 4.71. The van der Waals surface area contributed by atoms with Crippen LogP contribution in [0.1, 0.15) is 49.1 Å². The quantitative estimate of drug-likeness (QED) is 0.689. The average molecular weight is 309 g/mol. The van der Waals surface area contributed by atoms with E-state index in [0.717, 1.165) is 30.8 Å². The number of fused-ring (bicyclic) bond motifs is 1. The molecular weight excluding hydrogens is 286 g/mol. The molecule has 4 rings (SSSR count). The van der Waals surface area contributed by atoms with Gasteiger partial charge in [-0.15, -0.1) is 0 Å². The Balaban J connectivity index is 1.28. The van der Waals surface area contributed by atoms with Crippen molar-refractivity contribution < 1.29 is 4.52 Å². The zero-order valence-corrected chi connectivity index (χ0v) is 13.5. The molecule has 2 heterocycles. The van der Waals surface area contributed by atoms with Crippen LogP contribution in [0.25, 0.3) is 10.9 Å². The molecule has 0 amide bonds. The number of benzene rings is 1. The van der Waals surface area contributed by atoms with Gasteiger partial charge in [-0.05, 0) is 44.2 Å². The first-order valence-electron chi connectivity index (χ1n) is 8.53. The van der Waals surface area contributed by atoms with E-state index in [1.807, 2.05) is 0 Å². The highest BCUT2D eigenvalue weighted by molar-refractivity contribution is 5.82. The van der Waals surface area contributed by atoms with E-state index in [0.29, 0.717) is 12.0 Å². The molecule has 0 radical (unpaired) electrons. The lowest BCUT2D eigenvalue weighted by Gasteiger charge is -2.12. The Morgan fingerprint density at radius 3 is 3.09 bits per heavy atom. The molecule has 3 aromatic rings. The molecule has 4 nitrogen and oxygen atoms in total. The first-order valence-corrected chi connectivity index (χ1v) is 8.53. The monoisotopic (exact) mass is 309 g/mol. The average Bonchev–Trinajstić information content (AvgIpc) is 3.18. The fraction of sp³-hybridized carbons (Fsp3) is 0.421. The second-order valence-electron chi connectivity index (χ2n) is 6.68. The smallest absolute Gasteiger partial charge is 0.140 e. The Morgan fingerprint density at radius 1 is 1.35 bits per heavy atom. The van der Waals surface area contributed by atoms with Gasteiger partial charge in [-0.3, -0.25) is 0 Å². The number of hydrogen-bond acceptors (Lipinski definition) is 3. The number of para-hydroxylation sites is 1. The van der Waals surface area contributed by atoms with Crippen molar-refractivity contribution in [1.82, 2.24) is 15.5 Å². The summed E-state index contributed by atoms with van der Waals surface area (Å²) in [4.78, 5) is 3.35. The molecule has 2 aromatic heterocycles. The van der Waals surface area contributed by atoms with Crippen molar-refractivity contribution in [2.75, 3.05) is 0 Å². The fourth-order valence-electron chi connectivity index (χ4n) is 3.06. The molecule has 4 heteroatoms. The van der Waals surface area contributed by atoms with Gasteiger partial charge in [-0.1, -0.05) is 23.4 Å². The van der Waals surface area contributed by atoms with Crippen LogP contribution in [-0.2, 0) is 13.0 Å². The fourth-order valence-corrected chi connectivity index (χ4v) is 3.06. The molecule has 120 valence electrons. The van der Waals surface area contributed by atoms with Crippen LogP contribution >= 0.6 is 0 Å². The van der Waals surface area contributed by atoms with E-state index in [1.54, 1.807) is 0 Å². The molecule has 1 fully saturated rings. The highest BCUT2D eigenvalue weighted by atomic mass is 16.5. The second kappa shape index (κ2) is 6.20. The van der Waals surface area contributed by atoms with E-state index >= 15 is 0 Å². The van der Waals surface area contributed by atoms with E-state index in [1.165, 1.54) is 29.3 Å². The maximum atomic E-state index is 5.39. The molecule has 1 aromatic carbocycles. The summed E-state index contributed by atoms with van der Waals surface area (Å²) < 4.78 is 5.39. The van der Waals surface area contributed by atoms with Crippen LogP contribution in [0.4, 0.5) is 0 Å². The highest BCUT2D eigenvalue weighted by Crippen LogP contribution is 2.40. The highest BCUT2D eigenvalue weighted by Gasteiger charge is 2.27. The Bertz CT molecular complexity index is 785. The van der Waals surface area contributed by atoms with Crippen LogP contribution in [0.5, 0.6) is 0 Å². The number of nitrogens with one attached hydrogen (secondary N) is 2. The normalized spacial score (nSPS) is 16.0. The number of H-pyrrole nitrogens is 1. The Labute approximate surface area is 136 Å². The maximum absolute atomic E-state index is 5.39. The molecular formula is C19H23N3O. The van der Waals surface area contributed by atoms with Crippen molar-refractivity contribution in [3.63, 3.8) is 0 Å². The number of aromatic nitrogens is 2. The van der Waals surface area contributed by atoms with Gasteiger partial charge in [0, 0.05) is 41.7 Å². The molecule has 1 aliphatic rings. The van der Waals surface area contributed by atoms with E-state index in [-0.39, 0.29) is 0 Å². The molecule has 0 bridgehead atoms. The van der Waals surface area contributed by atoms with Gasteiger partial charge in [0.2, 0.25) is 0 Å². The van der Waals surface area contributed by atoms with Gasteiger partial charge in [0.1, 0.15) is 5.76 Å². The summed E-state index contributed by atoms with van der Waals surface area (Å²) in [5.41, 5.74) is 3.64. The minimum atomic E-state index is 0.449. The minimum Gasteiger partial charge on any atom is -0.361 e. The lowest BCUT2D eigenvalue weighted by atomic mass is 10.1. The molecule has 0 saturated heterocycles. The van der Waals surface area contributed by atoms with Crippen molar-refractivity contribution in [1.29, 1.82) is 0 Å². The minimum absolute atomic E-state index is 0.449. The zero-order valence-electron chi connectivity index (χ0n) is 13.5. The molecule has 23 heavy (non-hydrogen) atoms. The van der Waals surface area contributed by atoms with E-state index in [9.17, 15) is 0 Å². The third kappa shape index (κ3) is 3.32. The SMILES string of the molecule is C[C@@H](CCc1c[nH]c2ccccc12)NCc1cc(C2CC2)on1. The van der Waals surface area contributed by atoms with E-state index in [2.05, 4.69) is 58.9 Å². The number of aromatic amines is 1. The number of nitrogens with zero attached hydrogens (tertiary/aromatic N) is 1. The van der Waals surface area contributed by atoms with Gasteiger partial charge in [0.05, 0.1) is 5.69 Å². The molecule has 1 saturated carbocycles. The van der Waals surface area contributed by atoms with Crippen LogP contribution in [0.2, 0.25) is 0 Å². The van der Waals surface area contributed by atoms with Crippen molar-refractivity contribution in [3.05, 3.63) is 53.5 Å². The molecule has 1 atom stereocenters. The van der Waals surface area contributed by atoms with Crippen molar-refractivity contribution >= 4 is 10.9 Å². The molecule has 1 aliphatic carbocycles. The number of rotatable bonds is 7. The molecule has 2 N–H and O–H groups in total. The summed E-state index contributed by atoms with van der Waals surface area (Å²) in [5, 5.41) is 9.05. The Hall–Kier alpha value is -2.07. The molecule has 0 aliphatic heterocycles. The first kappa shape index (κ1) is 14.5. The third-order valence-corrected chi connectivity index (χ3v) is 4.71. The molecule has 0 unspecified atom stereocenters. The standard InChI is InChI=1S/C19H23N3O/c1-13(20-12-16-10-19(23-22-16)14-8-9-14)6-7-15-11-21-18-5-3-2-4-17(15)18/h2-5,10-11,13-14,20-21H,6-9,12H2,1H3/t13-/m0/s1. The Morgan fingerprint density at radius 2 is 2.22 bits per heavy atom. The Kier molecular flexibility index (Phi) is 3.92. The number of aryl methyl sites for hydroxylation is 1. The topological polar surface area (TPSA) is 53.9 Å². The van der Waals surface area contributed by atoms with Gasteiger partial charge in [-0.2, -0.15) is 0 Å². The van der Waals surface area contributed by atoms with Crippen molar-refractivity contribution in [3.8, 4) is 0 Å². The van der Waals surface area contributed by atoms with Crippen LogP contribution in [-0.4, -0.2) is 16.2 Å². The summed E-state index contributed by atoms with van der Waals surface area (Å²) >= 11 is 0. The first-order chi connectivity index (χ1) is 11.3. The predicted molar refractivity (Wildman–Crippen MR) is 91.4 cm³/mol. The van der Waals surface area contributed by atoms with Gasteiger partial charge < -0.3 is 14.8 Å². The van der Waals surface area contributed by atoms with E-state index in [4.69, 9.17) is 4.52 Å². The van der Waals surface area contributed by atoms with Crippen molar-refractivity contribution in [2.45, 2.75) is 51.1 Å². The van der Waals surface area contributed by atoms with Gasteiger partial charge in [0.15, 0.2) is 0 Å². The summed E-state index contributed by atoms with van der Waals surface area (Å²) in [6, 6.07) is 11.0. The molecule has 0 spiro atoms. The lowest BCUT2D eigenvalue weighted by molar-refractivity contribution is 0.373.